The Morgan fingerprint density at radius 2 is 2.32 bits per heavy atom. The Kier molecular flexibility index (Phi) is 4.83. The second kappa shape index (κ2) is 6.83. The van der Waals surface area contributed by atoms with Gasteiger partial charge in [0.1, 0.15) is 5.01 Å². The number of hydrogen-bond acceptors (Lipinski definition) is 5. The molecule has 0 saturated heterocycles. The molecule has 0 aromatic carbocycles. The summed E-state index contributed by atoms with van der Waals surface area (Å²) in [5.41, 5.74) is 1.26. The Hall–Kier alpha value is -1.34. The van der Waals surface area contributed by atoms with E-state index in [1.807, 2.05) is 11.8 Å². The van der Waals surface area contributed by atoms with Crippen molar-refractivity contribution in [2.75, 3.05) is 12.3 Å². The van der Waals surface area contributed by atoms with E-state index in [4.69, 9.17) is 0 Å². The van der Waals surface area contributed by atoms with E-state index in [2.05, 4.69) is 40.0 Å². The molecule has 3 rings (SSSR count). The fourth-order valence-corrected chi connectivity index (χ4v) is 4.71. The first-order valence-corrected chi connectivity index (χ1v) is 9.36. The van der Waals surface area contributed by atoms with Gasteiger partial charge >= 0.3 is 0 Å². The lowest BCUT2D eigenvalue weighted by molar-refractivity contribution is -0.134. The van der Waals surface area contributed by atoms with Crippen LogP contribution in [0, 0.1) is 6.92 Å². The maximum atomic E-state index is 12.6. The summed E-state index contributed by atoms with van der Waals surface area (Å²) in [6.07, 6.45) is 3.62. The fraction of sp³-hybridized carbons (Fsp3) is 0.533. The minimum Gasteiger partial charge on any atom is -0.348 e. The van der Waals surface area contributed by atoms with Crippen LogP contribution in [0.2, 0.25) is 0 Å². The second-order valence-electron chi connectivity index (χ2n) is 5.32. The molecule has 2 aromatic rings. The van der Waals surface area contributed by atoms with Crippen molar-refractivity contribution in [2.45, 2.75) is 43.6 Å². The number of carbonyl (C=O) groups excluding carboxylic acids is 1. The molecule has 2 aromatic heterocycles. The fourth-order valence-electron chi connectivity index (χ4n) is 2.90. The molecule has 1 aliphatic heterocycles. The highest BCUT2D eigenvalue weighted by Crippen LogP contribution is 2.30. The van der Waals surface area contributed by atoms with E-state index in [0.717, 1.165) is 34.6 Å². The summed E-state index contributed by atoms with van der Waals surface area (Å²) in [4.78, 5) is 14.6. The number of aryl methyl sites for hydroxylation is 1. The number of rotatable bonds is 5. The van der Waals surface area contributed by atoms with E-state index < -0.39 is 0 Å². The third kappa shape index (κ3) is 3.20. The molecule has 1 amide bonds. The van der Waals surface area contributed by atoms with Crippen LogP contribution in [0.15, 0.2) is 22.7 Å². The van der Waals surface area contributed by atoms with Gasteiger partial charge in [0.05, 0.1) is 6.04 Å². The number of carbonyl (C=O) groups is 1. The molecule has 0 N–H and O–H groups in total. The van der Waals surface area contributed by atoms with Gasteiger partial charge in [0.15, 0.2) is 4.34 Å². The van der Waals surface area contributed by atoms with Crippen molar-refractivity contribution in [1.82, 2.24) is 19.7 Å². The van der Waals surface area contributed by atoms with Gasteiger partial charge in [-0.25, -0.2) is 0 Å². The zero-order chi connectivity index (χ0) is 15.5. The largest absolute Gasteiger partial charge is 0.348 e. The monoisotopic (exact) mass is 336 g/mol. The molecule has 0 fully saturated rings. The summed E-state index contributed by atoms with van der Waals surface area (Å²) in [6.45, 7) is 5.79. The van der Waals surface area contributed by atoms with Crippen LogP contribution in [0.4, 0.5) is 0 Å². The average Bonchev–Trinajstić information content (AvgIpc) is 3.14. The summed E-state index contributed by atoms with van der Waals surface area (Å²) in [6, 6.07) is 4.41. The van der Waals surface area contributed by atoms with Gasteiger partial charge in [0, 0.05) is 37.2 Å². The van der Waals surface area contributed by atoms with Crippen LogP contribution in [0.25, 0.3) is 0 Å². The molecule has 1 atom stereocenters. The predicted molar refractivity (Wildman–Crippen MR) is 89.2 cm³/mol. The molecule has 0 spiro atoms. The Morgan fingerprint density at radius 1 is 1.45 bits per heavy atom. The number of nitrogens with zero attached hydrogens (tertiary/aromatic N) is 4. The molecule has 0 unspecified atom stereocenters. The molecule has 5 nitrogen and oxygen atoms in total. The summed E-state index contributed by atoms with van der Waals surface area (Å²) in [5.74, 6) is 1.01. The summed E-state index contributed by atoms with van der Waals surface area (Å²) in [5, 5.41) is 9.05. The molecule has 0 aliphatic carbocycles. The summed E-state index contributed by atoms with van der Waals surface area (Å²) in [7, 11) is 0. The lowest BCUT2D eigenvalue weighted by Crippen LogP contribution is -2.41. The van der Waals surface area contributed by atoms with Gasteiger partial charge in [-0.2, -0.15) is 0 Å². The molecule has 0 saturated carbocycles. The van der Waals surface area contributed by atoms with Crippen molar-refractivity contribution in [3.8, 4) is 0 Å². The van der Waals surface area contributed by atoms with Crippen molar-refractivity contribution >= 4 is 29.0 Å². The first-order chi connectivity index (χ1) is 10.7. The Balaban J connectivity index is 1.58. The smallest absolute Gasteiger partial charge is 0.224 e. The zero-order valence-electron chi connectivity index (χ0n) is 12.9. The SMILES string of the molecule is CC[C@@H]1c2cccn2CCN1C(=O)CCSc1nnc(C)s1. The quantitative estimate of drug-likeness (QED) is 0.787. The predicted octanol–water partition coefficient (Wildman–Crippen LogP) is 3.12. The minimum atomic E-state index is 0.213. The molecular formula is C15H20N4OS2. The Morgan fingerprint density at radius 3 is 3.05 bits per heavy atom. The Labute approximate surface area is 138 Å². The van der Waals surface area contributed by atoms with E-state index >= 15 is 0 Å². The number of aromatic nitrogens is 3. The van der Waals surface area contributed by atoms with Crippen molar-refractivity contribution in [1.29, 1.82) is 0 Å². The second-order valence-corrected chi connectivity index (χ2v) is 7.85. The van der Waals surface area contributed by atoms with Crippen molar-refractivity contribution < 1.29 is 4.79 Å². The van der Waals surface area contributed by atoms with Gasteiger partial charge in [-0.1, -0.05) is 30.0 Å². The number of fused-ring (bicyclic) bond motifs is 1. The summed E-state index contributed by atoms with van der Waals surface area (Å²) >= 11 is 3.21. The van der Waals surface area contributed by atoms with Gasteiger partial charge in [0.2, 0.25) is 5.91 Å². The first kappa shape index (κ1) is 15.6. The van der Waals surface area contributed by atoms with Crippen LogP contribution in [0.1, 0.15) is 36.5 Å². The highest BCUT2D eigenvalue weighted by atomic mass is 32.2. The van der Waals surface area contributed by atoms with Crippen molar-refractivity contribution in [2.24, 2.45) is 0 Å². The number of amides is 1. The van der Waals surface area contributed by atoms with Gasteiger partial charge < -0.3 is 9.47 Å². The Bertz CT molecular complexity index is 652. The minimum absolute atomic E-state index is 0.213. The topological polar surface area (TPSA) is 51.0 Å². The van der Waals surface area contributed by atoms with Crippen LogP contribution < -0.4 is 0 Å². The maximum Gasteiger partial charge on any atom is 0.224 e. The molecule has 118 valence electrons. The van der Waals surface area contributed by atoms with Crippen LogP contribution in [0.3, 0.4) is 0 Å². The van der Waals surface area contributed by atoms with E-state index in [-0.39, 0.29) is 11.9 Å². The van der Waals surface area contributed by atoms with Gasteiger partial charge in [0.25, 0.3) is 0 Å². The lowest BCUT2D eigenvalue weighted by atomic mass is 10.1. The standard InChI is InChI=1S/C15H20N4OS2/c1-3-12-13-5-4-7-18(13)8-9-19(12)14(20)6-10-21-15-17-16-11(2)22-15/h4-5,7,12H,3,6,8-10H2,1-2H3/t12-/m1/s1. The summed E-state index contributed by atoms with van der Waals surface area (Å²) < 4.78 is 3.21. The normalized spacial score (nSPS) is 17.5. The van der Waals surface area contributed by atoms with E-state index in [1.54, 1.807) is 23.1 Å². The van der Waals surface area contributed by atoms with Crippen molar-refractivity contribution in [3.05, 3.63) is 29.0 Å². The highest BCUT2D eigenvalue weighted by molar-refractivity contribution is 8.01. The van der Waals surface area contributed by atoms with Gasteiger partial charge in [-0.05, 0) is 25.5 Å². The third-order valence-electron chi connectivity index (χ3n) is 3.92. The maximum absolute atomic E-state index is 12.6. The van der Waals surface area contributed by atoms with Gasteiger partial charge in [-0.15, -0.1) is 10.2 Å². The molecular weight excluding hydrogens is 316 g/mol. The molecule has 7 heteroatoms. The molecule has 0 bridgehead atoms. The van der Waals surface area contributed by atoms with Crippen molar-refractivity contribution in [3.63, 3.8) is 0 Å². The van der Waals surface area contributed by atoms with E-state index in [0.29, 0.717) is 6.42 Å². The van der Waals surface area contributed by atoms with E-state index in [9.17, 15) is 4.79 Å². The van der Waals surface area contributed by atoms with E-state index in [1.165, 1.54) is 5.69 Å². The molecule has 0 radical (unpaired) electrons. The number of thioether (sulfide) groups is 1. The average molecular weight is 336 g/mol. The molecule has 1 aliphatic rings. The first-order valence-electron chi connectivity index (χ1n) is 7.56. The molecule has 3 heterocycles. The molecule has 22 heavy (non-hydrogen) atoms. The van der Waals surface area contributed by atoms with Crippen LogP contribution in [0.5, 0.6) is 0 Å². The third-order valence-corrected chi connectivity index (χ3v) is 5.89. The van der Waals surface area contributed by atoms with Crippen LogP contribution >= 0.6 is 23.1 Å². The number of hydrogen-bond donors (Lipinski definition) is 0. The lowest BCUT2D eigenvalue weighted by Gasteiger charge is -2.36. The van der Waals surface area contributed by atoms with Gasteiger partial charge in [-0.3, -0.25) is 4.79 Å². The van der Waals surface area contributed by atoms with Crippen LogP contribution in [-0.2, 0) is 11.3 Å². The van der Waals surface area contributed by atoms with Crippen LogP contribution in [-0.4, -0.2) is 37.9 Å². The highest BCUT2D eigenvalue weighted by Gasteiger charge is 2.28. The zero-order valence-corrected chi connectivity index (χ0v) is 14.5.